The van der Waals surface area contributed by atoms with Crippen molar-refractivity contribution in [2.45, 2.75) is 67.5 Å². The average molecular weight is 394 g/mol. The standard InChI is InChI=1S/C18H35O7P/c1-10-22-14(19)17(6,7)12-24-26(21,16(3,4)5)25-13-18(8,9)15(20)23-11-2/h10-13H2,1-9H3. The number of rotatable bonds is 10. The van der Waals surface area contributed by atoms with Crippen LogP contribution in [0.2, 0.25) is 0 Å². The van der Waals surface area contributed by atoms with Gasteiger partial charge in [0.05, 0.1) is 42.4 Å². The van der Waals surface area contributed by atoms with Crippen LogP contribution in [0.25, 0.3) is 0 Å². The highest BCUT2D eigenvalue weighted by atomic mass is 31.2. The van der Waals surface area contributed by atoms with Crippen molar-refractivity contribution >= 4 is 19.5 Å². The van der Waals surface area contributed by atoms with Crippen LogP contribution in [0.4, 0.5) is 0 Å². The van der Waals surface area contributed by atoms with Crippen LogP contribution in [0, 0.1) is 10.8 Å². The molecule has 0 rings (SSSR count). The van der Waals surface area contributed by atoms with Gasteiger partial charge in [-0.25, -0.2) is 0 Å². The summed E-state index contributed by atoms with van der Waals surface area (Å²) in [6, 6.07) is 0. The zero-order valence-electron chi connectivity index (χ0n) is 17.6. The van der Waals surface area contributed by atoms with Gasteiger partial charge in [0.1, 0.15) is 0 Å². The topological polar surface area (TPSA) is 88.1 Å². The molecular weight excluding hydrogens is 359 g/mol. The van der Waals surface area contributed by atoms with E-state index in [1.165, 1.54) is 0 Å². The first-order valence-electron chi connectivity index (χ1n) is 8.86. The fourth-order valence-electron chi connectivity index (χ4n) is 1.69. The summed E-state index contributed by atoms with van der Waals surface area (Å²) < 4.78 is 34.7. The maximum atomic E-state index is 13.3. The smallest absolute Gasteiger partial charge is 0.335 e. The van der Waals surface area contributed by atoms with Gasteiger partial charge < -0.3 is 18.5 Å². The van der Waals surface area contributed by atoms with Gasteiger partial charge in [0.15, 0.2) is 0 Å². The van der Waals surface area contributed by atoms with E-state index in [1.807, 2.05) is 0 Å². The monoisotopic (exact) mass is 394 g/mol. The largest absolute Gasteiger partial charge is 0.466 e. The molecule has 0 heterocycles. The second kappa shape index (κ2) is 9.34. The third kappa shape index (κ3) is 7.01. The highest BCUT2D eigenvalue weighted by molar-refractivity contribution is 7.55. The minimum absolute atomic E-state index is 0.125. The Labute approximate surface area is 157 Å². The van der Waals surface area contributed by atoms with Gasteiger partial charge in [-0.05, 0) is 62.3 Å². The van der Waals surface area contributed by atoms with Crippen LogP contribution >= 0.6 is 7.60 Å². The second-order valence-electron chi connectivity index (χ2n) is 8.42. The molecule has 8 heteroatoms. The molecule has 0 aromatic carbocycles. The lowest BCUT2D eigenvalue weighted by molar-refractivity contribution is -0.155. The van der Waals surface area contributed by atoms with Gasteiger partial charge in [-0.2, -0.15) is 0 Å². The van der Waals surface area contributed by atoms with Crippen molar-refractivity contribution in [2.75, 3.05) is 26.4 Å². The van der Waals surface area contributed by atoms with E-state index < -0.39 is 35.5 Å². The zero-order valence-corrected chi connectivity index (χ0v) is 18.5. The molecule has 0 atom stereocenters. The number of ether oxygens (including phenoxy) is 2. The van der Waals surface area contributed by atoms with E-state index >= 15 is 0 Å². The molecule has 0 radical (unpaired) electrons. The first-order valence-corrected chi connectivity index (χ1v) is 10.4. The number of hydrogen-bond donors (Lipinski definition) is 0. The van der Waals surface area contributed by atoms with E-state index in [2.05, 4.69) is 0 Å². The number of hydrogen-bond acceptors (Lipinski definition) is 7. The predicted molar refractivity (Wildman–Crippen MR) is 100 cm³/mol. The highest BCUT2D eigenvalue weighted by Crippen LogP contribution is 2.60. The van der Waals surface area contributed by atoms with Crippen LogP contribution in [0.15, 0.2) is 0 Å². The molecule has 0 aliphatic carbocycles. The molecule has 0 N–H and O–H groups in total. The van der Waals surface area contributed by atoms with Gasteiger partial charge in [0, 0.05) is 0 Å². The molecule has 0 saturated carbocycles. The van der Waals surface area contributed by atoms with Crippen LogP contribution < -0.4 is 0 Å². The Morgan fingerprint density at radius 2 is 1.04 bits per heavy atom. The van der Waals surface area contributed by atoms with Gasteiger partial charge in [0.2, 0.25) is 0 Å². The summed E-state index contributed by atoms with van der Waals surface area (Å²) in [5.41, 5.74) is -1.95. The predicted octanol–water partition coefficient (Wildman–Crippen LogP) is 4.19. The van der Waals surface area contributed by atoms with E-state index in [9.17, 15) is 14.2 Å². The van der Waals surface area contributed by atoms with Crippen molar-refractivity contribution < 1.29 is 32.7 Å². The minimum Gasteiger partial charge on any atom is -0.466 e. The Morgan fingerprint density at radius 3 is 1.27 bits per heavy atom. The van der Waals surface area contributed by atoms with Crippen LogP contribution in [0.5, 0.6) is 0 Å². The first kappa shape index (κ1) is 25.1. The SMILES string of the molecule is CCOC(=O)C(C)(C)COP(=O)(OCC(C)(C)C(=O)OCC)C(C)(C)C. The molecule has 0 aliphatic rings. The van der Waals surface area contributed by atoms with Crippen LogP contribution in [0.3, 0.4) is 0 Å². The van der Waals surface area contributed by atoms with Crippen molar-refractivity contribution in [2.24, 2.45) is 10.8 Å². The maximum Gasteiger partial charge on any atom is 0.335 e. The van der Waals surface area contributed by atoms with E-state index in [0.717, 1.165) is 0 Å². The molecule has 7 nitrogen and oxygen atoms in total. The van der Waals surface area contributed by atoms with E-state index in [-0.39, 0.29) is 26.4 Å². The molecule has 0 aromatic rings. The fraction of sp³-hybridized carbons (Fsp3) is 0.889. The summed E-state index contributed by atoms with van der Waals surface area (Å²) in [7, 11) is -3.63. The van der Waals surface area contributed by atoms with E-state index in [0.29, 0.717) is 0 Å². The van der Waals surface area contributed by atoms with Crippen molar-refractivity contribution in [1.29, 1.82) is 0 Å². The molecular formula is C18H35O7P. The lowest BCUT2D eigenvalue weighted by Crippen LogP contribution is -2.35. The fourth-order valence-corrected chi connectivity index (χ4v) is 3.52. The molecule has 0 bridgehead atoms. The highest BCUT2D eigenvalue weighted by Gasteiger charge is 2.44. The lowest BCUT2D eigenvalue weighted by atomic mass is 9.95. The van der Waals surface area contributed by atoms with Crippen LogP contribution in [0.1, 0.15) is 62.3 Å². The quantitative estimate of drug-likeness (QED) is 0.405. The Morgan fingerprint density at radius 1 is 0.731 bits per heavy atom. The van der Waals surface area contributed by atoms with Crippen molar-refractivity contribution in [3.05, 3.63) is 0 Å². The summed E-state index contributed by atoms with van der Waals surface area (Å²) in [4.78, 5) is 24.0. The average Bonchev–Trinajstić information content (AvgIpc) is 2.50. The maximum absolute atomic E-state index is 13.3. The molecule has 26 heavy (non-hydrogen) atoms. The van der Waals surface area contributed by atoms with E-state index in [4.69, 9.17) is 18.5 Å². The van der Waals surface area contributed by atoms with Gasteiger partial charge in [0.25, 0.3) is 0 Å². The third-order valence-corrected chi connectivity index (χ3v) is 6.25. The molecule has 0 amide bonds. The van der Waals surface area contributed by atoms with Crippen LogP contribution in [-0.2, 0) is 32.7 Å². The lowest BCUT2D eigenvalue weighted by Gasteiger charge is -2.34. The summed E-state index contributed by atoms with van der Waals surface area (Å²) in [6.07, 6.45) is 0. The number of carbonyl (C=O) groups is 2. The van der Waals surface area contributed by atoms with E-state index in [1.54, 1.807) is 62.3 Å². The molecule has 0 saturated heterocycles. The molecule has 0 aromatic heterocycles. The second-order valence-corrected chi connectivity index (χ2v) is 11.3. The van der Waals surface area contributed by atoms with Gasteiger partial charge >= 0.3 is 19.5 Å². The summed E-state index contributed by atoms with van der Waals surface area (Å²) in [6.45, 7) is 15.5. The Hall–Kier alpha value is -0.910. The van der Waals surface area contributed by atoms with Crippen molar-refractivity contribution in [3.8, 4) is 0 Å². The number of carbonyl (C=O) groups excluding carboxylic acids is 2. The van der Waals surface area contributed by atoms with Gasteiger partial charge in [-0.15, -0.1) is 0 Å². The number of esters is 2. The molecule has 154 valence electrons. The molecule has 0 fully saturated rings. The summed E-state index contributed by atoms with van der Waals surface area (Å²) in [5.74, 6) is -0.875. The third-order valence-electron chi connectivity index (χ3n) is 3.67. The van der Waals surface area contributed by atoms with Gasteiger partial charge in [-0.1, -0.05) is 0 Å². The minimum atomic E-state index is -3.63. The Kier molecular flexibility index (Phi) is 9.01. The summed E-state index contributed by atoms with van der Waals surface area (Å²) >= 11 is 0. The molecule has 0 aliphatic heterocycles. The Balaban J connectivity index is 5.22. The normalized spacial score (nSPS) is 13.4. The van der Waals surface area contributed by atoms with Crippen molar-refractivity contribution in [3.63, 3.8) is 0 Å². The molecule has 0 spiro atoms. The summed E-state index contributed by atoms with van der Waals surface area (Å²) in [5, 5.41) is -0.831. The zero-order chi connectivity index (χ0) is 20.8. The molecule has 0 unspecified atom stereocenters. The first-order chi connectivity index (χ1) is 11.6. The van der Waals surface area contributed by atoms with Crippen LogP contribution in [-0.4, -0.2) is 43.5 Å². The Bertz CT molecular complexity index is 494. The van der Waals surface area contributed by atoms with Crippen molar-refractivity contribution in [1.82, 2.24) is 0 Å². The van der Waals surface area contributed by atoms with Gasteiger partial charge in [-0.3, -0.25) is 14.2 Å².